The quantitative estimate of drug-likeness (QED) is 0.768. The van der Waals surface area contributed by atoms with Gasteiger partial charge >= 0.3 is 0 Å². The molecular weight excluding hydrogens is 272 g/mol. The number of imidazole rings is 1. The Morgan fingerprint density at radius 3 is 2.80 bits per heavy atom. The number of likely N-dealkylation sites (N-methyl/N-ethyl adjacent to an activating group) is 1. The minimum atomic E-state index is 0.435. The fourth-order valence-electron chi connectivity index (χ4n) is 2.75. The Morgan fingerprint density at radius 2 is 2.15 bits per heavy atom. The summed E-state index contributed by atoms with van der Waals surface area (Å²) in [6.07, 6.45) is 2.69. The predicted octanol–water partition coefficient (Wildman–Crippen LogP) is 2.96. The van der Waals surface area contributed by atoms with Crippen molar-refractivity contribution >= 4 is 22.8 Å². The number of rotatable bonds is 6. The van der Waals surface area contributed by atoms with Gasteiger partial charge in [0.05, 0.1) is 5.88 Å². The van der Waals surface area contributed by atoms with Crippen LogP contribution in [0.3, 0.4) is 0 Å². The molecule has 0 unspecified atom stereocenters. The number of halogens is 1. The molecule has 0 radical (unpaired) electrons. The number of hydrogen-bond donors (Lipinski definition) is 0. The van der Waals surface area contributed by atoms with Crippen molar-refractivity contribution in [2.45, 2.75) is 45.2 Å². The Morgan fingerprint density at radius 1 is 1.35 bits per heavy atom. The summed E-state index contributed by atoms with van der Waals surface area (Å²) in [7, 11) is 0. The molecule has 4 nitrogen and oxygen atoms in total. The van der Waals surface area contributed by atoms with Crippen molar-refractivity contribution in [2.75, 3.05) is 13.1 Å². The van der Waals surface area contributed by atoms with E-state index in [-0.39, 0.29) is 0 Å². The van der Waals surface area contributed by atoms with Gasteiger partial charge < -0.3 is 4.57 Å². The highest BCUT2D eigenvalue weighted by atomic mass is 35.5. The number of pyridine rings is 1. The lowest BCUT2D eigenvalue weighted by Gasteiger charge is -2.20. The molecule has 0 saturated heterocycles. The number of alkyl halides is 1. The Balaban J connectivity index is 1.86. The lowest BCUT2D eigenvalue weighted by atomic mass is 10.3. The van der Waals surface area contributed by atoms with Crippen LogP contribution in [-0.4, -0.2) is 38.6 Å². The number of hydrogen-bond acceptors (Lipinski definition) is 3. The van der Waals surface area contributed by atoms with Crippen molar-refractivity contribution in [3.63, 3.8) is 0 Å². The Labute approximate surface area is 124 Å². The minimum Gasteiger partial charge on any atom is -0.310 e. The lowest BCUT2D eigenvalue weighted by molar-refractivity contribution is 0.266. The third-order valence-corrected chi connectivity index (χ3v) is 4.25. The molecule has 3 rings (SSSR count). The van der Waals surface area contributed by atoms with Crippen molar-refractivity contribution < 1.29 is 0 Å². The predicted molar refractivity (Wildman–Crippen MR) is 82.1 cm³/mol. The van der Waals surface area contributed by atoms with E-state index in [0.717, 1.165) is 48.4 Å². The van der Waals surface area contributed by atoms with E-state index in [1.165, 1.54) is 12.8 Å². The van der Waals surface area contributed by atoms with E-state index in [9.17, 15) is 0 Å². The van der Waals surface area contributed by atoms with Crippen LogP contribution in [0.2, 0.25) is 0 Å². The van der Waals surface area contributed by atoms with Crippen molar-refractivity contribution in [2.24, 2.45) is 0 Å². The average Bonchev–Trinajstić information content (AvgIpc) is 3.22. The number of aromatic nitrogens is 3. The summed E-state index contributed by atoms with van der Waals surface area (Å²) in [5.74, 6) is 1.36. The van der Waals surface area contributed by atoms with Crippen molar-refractivity contribution in [3.05, 3.63) is 23.7 Å². The summed E-state index contributed by atoms with van der Waals surface area (Å²) in [5, 5.41) is 0. The first-order valence-corrected chi connectivity index (χ1v) is 7.89. The van der Waals surface area contributed by atoms with Gasteiger partial charge in [0.1, 0.15) is 11.3 Å². The summed E-state index contributed by atoms with van der Waals surface area (Å²) in [4.78, 5) is 11.8. The molecule has 1 fully saturated rings. The zero-order valence-electron chi connectivity index (χ0n) is 12.1. The maximum atomic E-state index is 6.04. The van der Waals surface area contributed by atoms with Gasteiger partial charge in [-0.25, -0.2) is 9.97 Å². The van der Waals surface area contributed by atoms with Gasteiger partial charge in [-0.2, -0.15) is 0 Å². The molecule has 0 atom stereocenters. The number of aryl methyl sites for hydroxylation is 1. The Bertz CT molecular complexity index is 603. The molecule has 1 saturated carbocycles. The fourth-order valence-corrected chi connectivity index (χ4v) is 2.95. The Kier molecular flexibility index (Phi) is 3.94. The molecule has 2 aromatic heterocycles. The summed E-state index contributed by atoms with van der Waals surface area (Å²) < 4.78 is 2.18. The van der Waals surface area contributed by atoms with Gasteiger partial charge in [-0.1, -0.05) is 6.92 Å². The molecule has 1 aliphatic rings. The van der Waals surface area contributed by atoms with E-state index in [2.05, 4.69) is 26.4 Å². The SMILES string of the molecule is CCN(CCn1c(CCl)nc2ccc(C)nc21)C1CC1. The second-order valence-electron chi connectivity index (χ2n) is 5.47. The summed E-state index contributed by atoms with van der Waals surface area (Å²) in [6.45, 7) is 7.32. The molecule has 5 heteroatoms. The van der Waals surface area contributed by atoms with Crippen LogP contribution in [-0.2, 0) is 12.4 Å². The molecule has 20 heavy (non-hydrogen) atoms. The molecule has 0 N–H and O–H groups in total. The van der Waals surface area contributed by atoms with Gasteiger partial charge in [0.2, 0.25) is 0 Å². The molecule has 108 valence electrons. The van der Waals surface area contributed by atoms with E-state index in [1.54, 1.807) is 0 Å². The molecule has 2 aromatic rings. The van der Waals surface area contributed by atoms with Crippen LogP contribution in [0.15, 0.2) is 12.1 Å². The van der Waals surface area contributed by atoms with E-state index >= 15 is 0 Å². The van der Waals surface area contributed by atoms with Gasteiger partial charge in [-0.05, 0) is 38.4 Å². The standard InChI is InChI=1S/C15H21ClN4/c1-3-19(12-5-6-12)8-9-20-14(10-16)18-13-7-4-11(2)17-15(13)20/h4,7,12H,3,5-6,8-10H2,1-2H3. The van der Waals surface area contributed by atoms with E-state index in [0.29, 0.717) is 5.88 Å². The van der Waals surface area contributed by atoms with Gasteiger partial charge in [-0.15, -0.1) is 11.6 Å². The second kappa shape index (κ2) is 5.70. The summed E-state index contributed by atoms with van der Waals surface area (Å²) in [6, 6.07) is 4.83. The smallest absolute Gasteiger partial charge is 0.160 e. The molecule has 0 bridgehead atoms. The zero-order chi connectivity index (χ0) is 14.1. The normalized spacial score (nSPS) is 15.4. The lowest BCUT2D eigenvalue weighted by Crippen LogP contribution is -2.29. The first kappa shape index (κ1) is 13.8. The van der Waals surface area contributed by atoms with Crippen LogP contribution in [0.4, 0.5) is 0 Å². The van der Waals surface area contributed by atoms with E-state index in [1.807, 2.05) is 19.1 Å². The molecule has 0 amide bonds. The first-order valence-electron chi connectivity index (χ1n) is 7.35. The van der Waals surface area contributed by atoms with Gasteiger partial charge in [0.25, 0.3) is 0 Å². The van der Waals surface area contributed by atoms with Crippen LogP contribution in [0, 0.1) is 6.92 Å². The van der Waals surface area contributed by atoms with Crippen LogP contribution >= 0.6 is 11.6 Å². The maximum Gasteiger partial charge on any atom is 0.160 e. The molecule has 0 aromatic carbocycles. The molecule has 1 aliphatic carbocycles. The highest BCUT2D eigenvalue weighted by molar-refractivity contribution is 6.16. The number of nitrogens with zero attached hydrogens (tertiary/aromatic N) is 4. The topological polar surface area (TPSA) is 34.0 Å². The minimum absolute atomic E-state index is 0.435. The monoisotopic (exact) mass is 292 g/mol. The second-order valence-corrected chi connectivity index (χ2v) is 5.74. The van der Waals surface area contributed by atoms with Gasteiger partial charge in [0, 0.05) is 24.8 Å². The molecule has 0 aliphatic heterocycles. The molecule has 0 spiro atoms. The van der Waals surface area contributed by atoms with Crippen molar-refractivity contribution in [3.8, 4) is 0 Å². The number of fused-ring (bicyclic) bond motifs is 1. The molecule has 2 heterocycles. The highest BCUT2D eigenvalue weighted by Crippen LogP contribution is 2.26. The third kappa shape index (κ3) is 2.67. The molecular formula is C15H21ClN4. The third-order valence-electron chi connectivity index (χ3n) is 4.01. The van der Waals surface area contributed by atoms with Crippen LogP contribution in [0.5, 0.6) is 0 Å². The largest absolute Gasteiger partial charge is 0.310 e. The average molecular weight is 293 g/mol. The Hall–Kier alpha value is -1.13. The van der Waals surface area contributed by atoms with Crippen LogP contribution < -0.4 is 0 Å². The van der Waals surface area contributed by atoms with E-state index < -0.39 is 0 Å². The first-order chi connectivity index (χ1) is 9.72. The van der Waals surface area contributed by atoms with Crippen molar-refractivity contribution in [1.82, 2.24) is 19.4 Å². The van der Waals surface area contributed by atoms with Crippen LogP contribution in [0.1, 0.15) is 31.3 Å². The van der Waals surface area contributed by atoms with Gasteiger partial charge in [-0.3, -0.25) is 4.90 Å². The summed E-state index contributed by atoms with van der Waals surface area (Å²) in [5.41, 5.74) is 2.93. The summed E-state index contributed by atoms with van der Waals surface area (Å²) >= 11 is 6.04. The zero-order valence-corrected chi connectivity index (χ0v) is 12.9. The van der Waals surface area contributed by atoms with E-state index in [4.69, 9.17) is 11.6 Å². The van der Waals surface area contributed by atoms with Crippen LogP contribution in [0.25, 0.3) is 11.2 Å². The van der Waals surface area contributed by atoms with Gasteiger partial charge in [0.15, 0.2) is 5.65 Å². The highest BCUT2D eigenvalue weighted by Gasteiger charge is 2.27. The van der Waals surface area contributed by atoms with Crippen molar-refractivity contribution in [1.29, 1.82) is 0 Å². The fraction of sp³-hybridized carbons (Fsp3) is 0.600. The maximum absolute atomic E-state index is 6.04.